The molecule has 1 aliphatic rings. The maximum Gasteiger partial charge on any atom is 0.0249 e. The SMILES string of the molecule is C=CCCc1ccc(C#Cc2ccc(CCC3CCCCC3)cc2)cc1. The fourth-order valence-corrected chi connectivity index (χ4v) is 3.77. The average Bonchev–Trinajstić information content (AvgIpc) is 2.71. The molecule has 0 atom stereocenters. The van der Waals surface area contributed by atoms with Gasteiger partial charge in [0, 0.05) is 11.1 Å². The van der Waals surface area contributed by atoms with Crippen LogP contribution in [0, 0.1) is 17.8 Å². The number of aryl methyl sites for hydroxylation is 2. The summed E-state index contributed by atoms with van der Waals surface area (Å²) in [6.07, 6.45) is 13.8. The Balaban J connectivity index is 1.52. The second kappa shape index (κ2) is 10.0. The Kier molecular flexibility index (Phi) is 7.15. The lowest BCUT2D eigenvalue weighted by Crippen LogP contribution is -2.07. The van der Waals surface area contributed by atoms with Crippen LogP contribution in [0.3, 0.4) is 0 Å². The fourth-order valence-electron chi connectivity index (χ4n) is 3.77. The molecule has 1 fully saturated rings. The number of rotatable bonds is 6. The normalized spacial score (nSPS) is 14.5. The van der Waals surface area contributed by atoms with E-state index < -0.39 is 0 Å². The number of allylic oxidation sites excluding steroid dienone is 1. The molecular formula is C26H30. The minimum Gasteiger partial charge on any atom is -0.103 e. The summed E-state index contributed by atoms with van der Waals surface area (Å²) < 4.78 is 0. The highest BCUT2D eigenvalue weighted by Crippen LogP contribution is 2.27. The molecule has 2 aromatic rings. The molecule has 1 saturated carbocycles. The van der Waals surface area contributed by atoms with Crippen molar-refractivity contribution in [1.29, 1.82) is 0 Å². The molecule has 0 unspecified atom stereocenters. The van der Waals surface area contributed by atoms with Crippen molar-refractivity contribution in [2.75, 3.05) is 0 Å². The lowest BCUT2D eigenvalue weighted by molar-refractivity contribution is 0.339. The van der Waals surface area contributed by atoms with Crippen LogP contribution in [-0.4, -0.2) is 0 Å². The van der Waals surface area contributed by atoms with E-state index >= 15 is 0 Å². The molecule has 0 nitrogen and oxygen atoms in total. The van der Waals surface area contributed by atoms with Crippen LogP contribution < -0.4 is 0 Å². The molecule has 0 heteroatoms. The standard InChI is InChI=1S/C26H30/c1-2-3-7-23-11-14-25(15-12-23)18-21-26-19-16-24(17-20-26)13-10-22-8-5-4-6-9-22/h2,11-12,14-17,19-20,22H,1,3-10,13H2. The number of hydrogen-bond donors (Lipinski definition) is 0. The monoisotopic (exact) mass is 342 g/mol. The average molecular weight is 343 g/mol. The summed E-state index contributed by atoms with van der Waals surface area (Å²) in [6, 6.07) is 17.4. The van der Waals surface area contributed by atoms with E-state index in [0.29, 0.717) is 0 Å². The first-order chi connectivity index (χ1) is 12.8. The molecule has 1 aliphatic carbocycles. The van der Waals surface area contributed by atoms with Crippen LogP contribution in [0.1, 0.15) is 67.2 Å². The van der Waals surface area contributed by atoms with Crippen molar-refractivity contribution in [2.24, 2.45) is 5.92 Å². The summed E-state index contributed by atoms with van der Waals surface area (Å²) in [5, 5.41) is 0. The van der Waals surface area contributed by atoms with Crippen molar-refractivity contribution in [1.82, 2.24) is 0 Å². The third kappa shape index (κ3) is 5.92. The first-order valence-electron chi connectivity index (χ1n) is 10.1. The third-order valence-electron chi connectivity index (χ3n) is 5.46. The van der Waals surface area contributed by atoms with E-state index in [-0.39, 0.29) is 0 Å². The van der Waals surface area contributed by atoms with E-state index in [9.17, 15) is 0 Å². The van der Waals surface area contributed by atoms with Gasteiger partial charge in [-0.1, -0.05) is 74.3 Å². The van der Waals surface area contributed by atoms with Gasteiger partial charge in [-0.05, 0) is 67.0 Å². The predicted octanol–water partition coefficient (Wildman–Crippen LogP) is 6.72. The van der Waals surface area contributed by atoms with E-state index in [2.05, 4.69) is 67.0 Å². The van der Waals surface area contributed by atoms with Crippen molar-refractivity contribution in [3.63, 3.8) is 0 Å². The van der Waals surface area contributed by atoms with Crippen LogP contribution >= 0.6 is 0 Å². The highest BCUT2D eigenvalue weighted by molar-refractivity contribution is 5.44. The second-order valence-corrected chi connectivity index (χ2v) is 7.51. The van der Waals surface area contributed by atoms with E-state index in [1.165, 1.54) is 56.1 Å². The number of benzene rings is 2. The summed E-state index contributed by atoms with van der Waals surface area (Å²) in [7, 11) is 0. The summed E-state index contributed by atoms with van der Waals surface area (Å²) >= 11 is 0. The largest absolute Gasteiger partial charge is 0.103 e. The van der Waals surface area contributed by atoms with Crippen molar-refractivity contribution >= 4 is 0 Å². The lowest BCUT2D eigenvalue weighted by Gasteiger charge is -2.21. The van der Waals surface area contributed by atoms with Crippen LogP contribution in [0.15, 0.2) is 61.2 Å². The van der Waals surface area contributed by atoms with Gasteiger partial charge in [-0.15, -0.1) is 6.58 Å². The van der Waals surface area contributed by atoms with Gasteiger partial charge in [-0.25, -0.2) is 0 Å². The summed E-state index contributed by atoms with van der Waals surface area (Å²) in [4.78, 5) is 0. The molecule has 0 radical (unpaired) electrons. The topological polar surface area (TPSA) is 0 Å². The smallest absolute Gasteiger partial charge is 0.0249 e. The van der Waals surface area contributed by atoms with Crippen molar-refractivity contribution < 1.29 is 0 Å². The molecule has 0 heterocycles. The van der Waals surface area contributed by atoms with E-state index in [0.717, 1.165) is 29.9 Å². The zero-order valence-electron chi connectivity index (χ0n) is 15.8. The Hall–Kier alpha value is -2.26. The zero-order valence-corrected chi connectivity index (χ0v) is 15.8. The van der Waals surface area contributed by atoms with Crippen molar-refractivity contribution in [2.45, 2.75) is 57.8 Å². The quantitative estimate of drug-likeness (QED) is 0.404. The Morgan fingerprint density at radius 1 is 0.769 bits per heavy atom. The maximum absolute atomic E-state index is 3.78. The fraction of sp³-hybridized carbons (Fsp3) is 0.385. The Morgan fingerprint density at radius 2 is 1.31 bits per heavy atom. The molecule has 0 spiro atoms. The van der Waals surface area contributed by atoms with Gasteiger partial charge >= 0.3 is 0 Å². The van der Waals surface area contributed by atoms with Crippen LogP contribution in [0.4, 0.5) is 0 Å². The third-order valence-corrected chi connectivity index (χ3v) is 5.46. The van der Waals surface area contributed by atoms with Crippen LogP contribution in [0.25, 0.3) is 0 Å². The van der Waals surface area contributed by atoms with Gasteiger partial charge in [0.2, 0.25) is 0 Å². The van der Waals surface area contributed by atoms with Gasteiger partial charge in [-0.3, -0.25) is 0 Å². The molecule has 0 aliphatic heterocycles. The molecule has 0 aromatic heterocycles. The van der Waals surface area contributed by atoms with Crippen LogP contribution in [0.5, 0.6) is 0 Å². The second-order valence-electron chi connectivity index (χ2n) is 7.51. The van der Waals surface area contributed by atoms with Gasteiger partial charge in [0.1, 0.15) is 0 Å². The molecule has 0 amide bonds. The highest BCUT2D eigenvalue weighted by atomic mass is 14.2. The Labute approximate surface area is 159 Å². The van der Waals surface area contributed by atoms with E-state index in [1.54, 1.807) is 0 Å². The Bertz CT molecular complexity index is 731. The molecule has 134 valence electrons. The minimum absolute atomic E-state index is 0.956. The molecule has 2 aromatic carbocycles. The van der Waals surface area contributed by atoms with Gasteiger partial charge in [0.25, 0.3) is 0 Å². The first kappa shape index (κ1) is 18.5. The molecule has 3 rings (SSSR count). The van der Waals surface area contributed by atoms with Gasteiger partial charge in [-0.2, -0.15) is 0 Å². The highest BCUT2D eigenvalue weighted by Gasteiger charge is 2.12. The van der Waals surface area contributed by atoms with Crippen LogP contribution in [-0.2, 0) is 12.8 Å². The first-order valence-corrected chi connectivity index (χ1v) is 10.1. The summed E-state index contributed by atoms with van der Waals surface area (Å²) in [5.74, 6) is 7.52. The zero-order chi connectivity index (χ0) is 18.0. The lowest BCUT2D eigenvalue weighted by atomic mass is 9.85. The van der Waals surface area contributed by atoms with Crippen molar-refractivity contribution in [3.05, 3.63) is 83.4 Å². The molecule has 26 heavy (non-hydrogen) atoms. The predicted molar refractivity (Wildman–Crippen MR) is 112 cm³/mol. The molecule has 0 saturated heterocycles. The minimum atomic E-state index is 0.956. The number of hydrogen-bond acceptors (Lipinski definition) is 0. The van der Waals surface area contributed by atoms with Crippen LogP contribution in [0.2, 0.25) is 0 Å². The molecular weight excluding hydrogens is 312 g/mol. The van der Waals surface area contributed by atoms with Crippen molar-refractivity contribution in [3.8, 4) is 11.8 Å². The van der Waals surface area contributed by atoms with E-state index in [4.69, 9.17) is 0 Å². The van der Waals surface area contributed by atoms with E-state index in [1.807, 2.05) is 6.08 Å². The molecule has 0 N–H and O–H groups in total. The summed E-state index contributed by atoms with van der Waals surface area (Å²) in [6.45, 7) is 3.78. The van der Waals surface area contributed by atoms with Gasteiger partial charge in [0.15, 0.2) is 0 Å². The van der Waals surface area contributed by atoms with Gasteiger partial charge in [0.05, 0.1) is 0 Å². The maximum atomic E-state index is 3.78. The Morgan fingerprint density at radius 3 is 1.85 bits per heavy atom. The van der Waals surface area contributed by atoms with Gasteiger partial charge < -0.3 is 0 Å². The molecule has 0 bridgehead atoms. The summed E-state index contributed by atoms with van der Waals surface area (Å²) in [5.41, 5.74) is 4.97.